The summed E-state index contributed by atoms with van der Waals surface area (Å²) in [5, 5.41) is 7.16. The van der Waals surface area contributed by atoms with E-state index in [1.807, 2.05) is 20.8 Å². The van der Waals surface area contributed by atoms with E-state index in [1.54, 1.807) is 10.7 Å². The Morgan fingerprint density at radius 2 is 2.25 bits per heavy atom. The monoisotopic (exact) mass is 299 g/mol. The van der Waals surface area contributed by atoms with Crippen molar-refractivity contribution in [3.8, 4) is 0 Å². The van der Waals surface area contributed by atoms with Gasteiger partial charge in [-0.2, -0.15) is 5.10 Å². The van der Waals surface area contributed by atoms with Gasteiger partial charge in [0.25, 0.3) is 0 Å². The van der Waals surface area contributed by atoms with E-state index in [0.29, 0.717) is 18.7 Å². The highest BCUT2D eigenvalue weighted by Gasteiger charge is 2.31. The van der Waals surface area contributed by atoms with Crippen LogP contribution >= 0.6 is 0 Å². The second kappa shape index (κ2) is 5.55. The lowest BCUT2D eigenvalue weighted by Gasteiger charge is -2.14. The second-order valence-electron chi connectivity index (χ2n) is 5.82. The molecule has 1 amide bonds. The van der Waals surface area contributed by atoms with Crippen molar-refractivity contribution in [2.75, 3.05) is 16.8 Å². The molecule has 0 radical (unpaired) electrons. The lowest BCUT2D eigenvalue weighted by molar-refractivity contribution is -0.116. The van der Waals surface area contributed by atoms with E-state index < -0.39 is 9.84 Å². The van der Waals surface area contributed by atoms with Crippen molar-refractivity contribution in [1.29, 1.82) is 0 Å². The topological polar surface area (TPSA) is 81.1 Å². The van der Waals surface area contributed by atoms with Gasteiger partial charge in [0, 0.05) is 12.5 Å². The van der Waals surface area contributed by atoms with Crippen molar-refractivity contribution in [1.82, 2.24) is 9.78 Å². The predicted octanol–water partition coefficient (Wildman–Crippen LogP) is 1.54. The van der Waals surface area contributed by atoms with Crippen LogP contribution in [0.2, 0.25) is 0 Å². The van der Waals surface area contributed by atoms with Crippen molar-refractivity contribution < 1.29 is 13.2 Å². The largest absolute Gasteiger partial charge is 0.311 e. The van der Waals surface area contributed by atoms with E-state index in [1.165, 1.54) is 0 Å². The summed E-state index contributed by atoms with van der Waals surface area (Å²) in [4.78, 5) is 11.9. The molecule has 0 spiro atoms. The third-order valence-corrected chi connectivity index (χ3v) is 5.02. The molecular weight excluding hydrogens is 278 g/mol. The Kier molecular flexibility index (Phi) is 4.17. The van der Waals surface area contributed by atoms with Gasteiger partial charge in [0.1, 0.15) is 5.82 Å². The number of amides is 1. The molecule has 0 aromatic carbocycles. The van der Waals surface area contributed by atoms with Gasteiger partial charge in [0.05, 0.1) is 23.2 Å². The zero-order valence-corrected chi connectivity index (χ0v) is 12.9. The first-order valence-corrected chi connectivity index (χ1v) is 8.65. The minimum Gasteiger partial charge on any atom is -0.311 e. The molecule has 2 heterocycles. The molecular formula is C13H21N3O3S. The quantitative estimate of drug-likeness (QED) is 0.914. The molecule has 1 saturated heterocycles. The van der Waals surface area contributed by atoms with Crippen LogP contribution < -0.4 is 5.32 Å². The van der Waals surface area contributed by atoms with Crippen molar-refractivity contribution in [3.05, 3.63) is 11.8 Å². The molecule has 7 heteroatoms. The lowest BCUT2D eigenvalue weighted by atomic mass is 10.1. The van der Waals surface area contributed by atoms with Crippen LogP contribution in [0.15, 0.2) is 6.07 Å². The Balaban J connectivity index is 2.16. The molecule has 112 valence electrons. The molecule has 6 nitrogen and oxygen atoms in total. The Bertz CT molecular complexity index is 604. The summed E-state index contributed by atoms with van der Waals surface area (Å²) in [6, 6.07) is 1.60. The number of carbonyl (C=O) groups is 1. The Morgan fingerprint density at radius 3 is 2.80 bits per heavy atom. The van der Waals surface area contributed by atoms with Crippen LogP contribution in [0.4, 0.5) is 5.82 Å². The average Bonchev–Trinajstić information content (AvgIpc) is 2.80. The van der Waals surface area contributed by atoms with Gasteiger partial charge in [0.15, 0.2) is 9.84 Å². The summed E-state index contributed by atoms with van der Waals surface area (Å²) in [5.74, 6) is 1.09. The van der Waals surface area contributed by atoms with Gasteiger partial charge >= 0.3 is 0 Å². The molecule has 20 heavy (non-hydrogen) atoms. The first-order valence-electron chi connectivity index (χ1n) is 6.83. The highest BCUT2D eigenvalue weighted by molar-refractivity contribution is 7.91. The lowest BCUT2D eigenvalue weighted by Crippen LogP contribution is -2.20. The third-order valence-electron chi connectivity index (χ3n) is 3.27. The van der Waals surface area contributed by atoms with E-state index in [9.17, 15) is 13.2 Å². The second-order valence-corrected chi connectivity index (χ2v) is 8.05. The maximum absolute atomic E-state index is 11.9. The zero-order valence-electron chi connectivity index (χ0n) is 12.1. The number of sulfone groups is 1. The van der Waals surface area contributed by atoms with Gasteiger partial charge in [-0.1, -0.05) is 13.8 Å². The van der Waals surface area contributed by atoms with Crippen molar-refractivity contribution >= 4 is 21.6 Å². The minimum atomic E-state index is -2.97. The van der Waals surface area contributed by atoms with Crippen LogP contribution in [-0.2, 0) is 14.6 Å². The highest BCUT2D eigenvalue weighted by Crippen LogP contribution is 2.27. The maximum atomic E-state index is 11.9. The maximum Gasteiger partial charge on any atom is 0.225 e. The normalized spacial score (nSPS) is 21.3. The number of hydrogen-bond donors (Lipinski definition) is 1. The summed E-state index contributed by atoms with van der Waals surface area (Å²) >= 11 is 0. The summed E-state index contributed by atoms with van der Waals surface area (Å²) in [5.41, 5.74) is 0.772. The standard InChI is InChI=1S/C13H21N3O3S/c1-9(2)6-13(17)14-12-7-10(3)15-16(12)11-4-5-20(18,19)8-11/h7,9,11H,4-6,8H2,1-3H3,(H,14,17). The zero-order chi connectivity index (χ0) is 14.9. The highest BCUT2D eigenvalue weighted by atomic mass is 32.2. The van der Waals surface area contributed by atoms with Gasteiger partial charge in [-0.15, -0.1) is 0 Å². The van der Waals surface area contributed by atoms with Crippen LogP contribution in [0.3, 0.4) is 0 Å². The van der Waals surface area contributed by atoms with Crippen LogP contribution in [0.25, 0.3) is 0 Å². The van der Waals surface area contributed by atoms with Gasteiger partial charge < -0.3 is 5.32 Å². The fourth-order valence-corrected chi connectivity index (χ4v) is 4.11. The van der Waals surface area contributed by atoms with E-state index in [4.69, 9.17) is 0 Å². The summed E-state index contributed by atoms with van der Waals surface area (Å²) < 4.78 is 24.8. The number of rotatable bonds is 4. The Labute approximate surface area is 119 Å². The molecule has 0 saturated carbocycles. The fourth-order valence-electron chi connectivity index (χ4n) is 2.42. The number of nitrogens with one attached hydrogen (secondary N) is 1. The number of aromatic nitrogens is 2. The van der Waals surface area contributed by atoms with E-state index in [2.05, 4.69) is 10.4 Å². The molecule has 1 aromatic rings. The summed E-state index contributed by atoms with van der Waals surface area (Å²) in [7, 11) is -2.97. The van der Waals surface area contributed by atoms with Crippen molar-refractivity contribution in [2.24, 2.45) is 5.92 Å². The van der Waals surface area contributed by atoms with Gasteiger partial charge in [0.2, 0.25) is 5.91 Å². The Hall–Kier alpha value is -1.37. The van der Waals surface area contributed by atoms with Gasteiger partial charge in [-0.3, -0.25) is 4.79 Å². The number of anilines is 1. The first kappa shape index (κ1) is 15.0. The van der Waals surface area contributed by atoms with Crippen LogP contribution in [-0.4, -0.2) is 35.6 Å². The predicted molar refractivity (Wildman–Crippen MR) is 77.4 cm³/mol. The molecule has 1 aliphatic rings. The number of carbonyl (C=O) groups excluding carboxylic acids is 1. The first-order chi connectivity index (χ1) is 9.27. The molecule has 0 bridgehead atoms. The average molecular weight is 299 g/mol. The van der Waals surface area contributed by atoms with Crippen molar-refractivity contribution in [2.45, 2.75) is 39.7 Å². The molecule has 1 aliphatic heterocycles. The van der Waals surface area contributed by atoms with Crippen molar-refractivity contribution in [3.63, 3.8) is 0 Å². The van der Waals surface area contributed by atoms with Gasteiger partial charge in [-0.05, 0) is 19.3 Å². The third kappa shape index (κ3) is 3.59. The molecule has 1 unspecified atom stereocenters. The van der Waals surface area contributed by atoms with Gasteiger partial charge in [-0.25, -0.2) is 13.1 Å². The number of hydrogen-bond acceptors (Lipinski definition) is 4. The smallest absolute Gasteiger partial charge is 0.225 e. The summed E-state index contributed by atoms with van der Waals surface area (Å²) in [6.07, 6.45) is 0.990. The van der Waals surface area contributed by atoms with Crippen LogP contribution in [0.5, 0.6) is 0 Å². The number of nitrogens with zero attached hydrogens (tertiary/aromatic N) is 2. The van der Waals surface area contributed by atoms with E-state index >= 15 is 0 Å². The molecule has 1 fully saturated rings. The Morgan fingerprint density at radius 1 is 1.55 bits per heavy atom. The fraction of sp³-hybridized carbons (Fsp3) is 0.692. The van der Waals surface area contributed by atoms with Crippen LogP contribution in [0.1, 0.15) is 38.4 Å². The molecule has 1 aromatic heterocycles. The van der Waals surface area contributed by atoms with E-state index in [-0.39, 0.29) is 29.4 Å². The van der Waals surface area contributed by atoms with Crippen LogP contribution in [0, 0.1) is 12.8 Å². The molecule has 2 rings (SSSR count). The minimum absolute atomic E-state index is 0.0676. The SMILES string of the molecule is Cc1cc(NC(=O)CC(C)C)n(C2CCS(=O)(=O)C2)n1. The number of aryl methyl sites for hydroxylation is 1. The molecule has 1 atom stereocenters. The molecule has 0 aliphatic carbocycles. The summed E-state index contributed by atoms with van der Waals surface area (Å²) in [6.45, 7) is 5.79. The van der Waals surface area contributed by atoms with E-state index in [0.717, 1.165) is 5.69 Å². The molecule has 1 N–H and O–H groups in total.